The second-order valence-electron chi connectivity index (χ2n) is 12.8. The van der Waals surface area contributed by atoms with Crippen molar-refractivity contribution in [2.75, 3.05) is 7.11 Å². The summed E-state index contributed by atoms with van der Waals surface area (Å²) in [6.07, 6.45) is 11.9. The van der Waals surface area contributed by atoms with Gasteiger partial charge in [-0.15, -0.1) is 0 Å². The lowest BCUT2D eigenvalue weighted by Gasteiger charge is -2.61. The minimum atomic E-state index is 0.152. The predicted octanol–water partition coefficient (Wildman–Crippen LogP) is 7.33. The van der Waals surface area contributed by atoms with Crippen LogP contribution in [0, 0.1) is 46.3 Å². The van der Waals surface area contributed by atoms with Crippen molar-refractivity contribution in [3.8, 4) is 5.75 Å². The highest BCUT2D eigenvalue weighted by Crippen LogP contribution is 2.67. The molecular formula is C31H47N3O2. The molecular weight excluding hydrogens is 446 g/mol. The molecule has 4 aliphatic carbocycles. The molecule has 1 aromatic carbocycles. The lowest BCUT2D eigenvalue weighted by Crippen LogP contribution is -2.53. The van der Waals surface area contributed by atoms with E-state index in [9.17, 15) is 4.79 Å². The Kier molecular flexibility index (Phi) is 6.97. The molecule has 8 unspecified atom stereocenters. The summed E-state index contributed by atoms with van der Waals surface area (Å²) < 4.78 is 5.31. The van der Waals surface area contributed by atoms with Gasteiger partial charge in [0.2, 0.25) is 0 Å². The van der Waals surface area contributed by atoms with Crippen molar-refractivity contribution >= 4 is 16.8 Å². The van der Waals surface area contributed by atoms with Crippen LogP contribution in [0.1, 0.15) is 92.4 Å². The van der Waals surface area contributed by atoms with Crippen LogP contribution >= 0.6 is 0 Å². The molecule has 0 radical (unpaired) electrons. The molecule has 8 atom stereocenters. The minimum absolute atomic E-state index is 0.152. The Bertz CT molecular complexity index is 1090. The van der Waals surface area contributed by atoms with Crippen molar-refractivity contribution in [1.29, 1.82) is 0 Å². The van der Waals surface area contributed by atoms with E-state index in [1.807, 2.05) is 32.0 Å². The molecule has 198 valence electrons. The fourth-order valence-corrected chi connectivity index (χ4v) is 9.39. The SMILES string of the molecule is CC.COc1ccc2nn(CC(=O)C3CCC4C5CCC6CC(C)CCC6(C)C5CCC34C)nc2c1. The first-order chi connectivity index (χ1) is 17.3. The highest BCUT2D eigenvalue weighted by molar-refractivity contribution is 5.82. The maximum atomic E-state index is 13.6. The molecule has 4 fully saturated rings. The number of ether oxygens (including phenoxy) is 1. The van der Waals surface area contributed by atoms with Crippen molar-refractivity contribution in [2.24, 2.45) is 46.3 Å². The first-order valence-electron chi connectivity index (χ1n) is 14.7. The summed E-state index contributed by atoms with van der Waals surface area (Å²) in [5.74, 6) is 5.50. The molecule has 0 bridgehead atoms. The first kappa shape index (κ1) is 25.7. The molecule has 0 N–H and O–H groups in total. The molecule has 4 aliphatic rings. The van der Waals surface area contributed by atoms with Gasteiger partial charge in [0.15, 0.2) is 5.78 Å². The molecule has 5 heteroatoms. The molecule has 2 aromatic rings. The second-order valence-corrected chi connectivity index (χ2v) is 12.8. The van der Waals surface area contributed by atoms with Gasteiger partial charge in [-0.1, -0.05) is 41.0 Å². The predicted molar refractivity (Wildman–Crippen MR) is 145 cm³/mol. The van der Waals surface area contributed by atoms with Gasteiger partial charge in [0, 0.05) is 12.0 Å². The normalized spacial score (nSPS) is 39.4. The zero-order chi connectivity index (χ0) is 25.7. The zero-order valence-corrected chi connectivity index (χ0v) is 23.4. The number of carbonyl (C=O) groups is 1. The van der Waals surface area contributed by atoms with E-state index in [1.54, 1.807) is 11.9 Å². The van der Waals surface area contributed by atoms with Crippen LogP contribution in [0.3, 0.4) is 0 Å². The van der Waals surface area contributed by atoms with Crippen LogP contribution in [0.25, 0.3) is 11.0 Å². The van der Waals surface area contributed by atoms with E-state index < -0.39 is 0 Å². The summed E-state index contributed by atoms with van der Waals surface area (Å²) in [6, 6.07) is 5.70. The van der Waals surface area contributed by atoms with Crippen LogP contribution in [0.5, 0.6) is 5.75 Å². The maximum Gasteiger partial charge on any atom is 0.159 e. The molecule has 0 aliphatic heterocycles. The van der Waals surface area contributed by atoms with Crippen LogP contribution in [0.15, 0.2) is 18.2 Å². The average molecular weight is 494 g/mol. The van der Waals surface area contributed by atoms with Gasteiger partial charge in [-0.05, 0) is 104 Å². The molecule has 1 heterocycles. The number of nitrogens with zero attached hydrogens (tertiary/aromatic N) is 3. The standard InChI is InChI=1S/C29H41N3O2.C2H6/c1-18-11-13-28(2)19(15-18)5-7-21-22-8-9-24(29(22,3)14-12-23(21)28)27(33)17-32-30-25-10-6-20(34-4)16-26(25)31-32;1-2/h6,10,16,18-19,21-24H,5,7-9,11-15,17H2,1-4H3;1-2H3. The Morgan fingerprint density at radius 3 is 2.47 bits per heavy atom. The third-order valence-electron chi connectivity index (χ3n) is 11.2. The molecule has 6 rings (SSSR count). The fraction of sp³-hybridized carbons (Fsp3) is 0.774. The third-order valence-corrected chi connectivity index (χ3v) is 11.2. The van der Waals surface area contributed by atoms with E-state index in [4.69, 9.17) is 4.74 Å². The number of fused-ring (bicyclic) bond motifs is 6. The number of hydrogen-bond donors (Lipinski definition) is 0. The Morgan fingerprint density at radius 2 is 1.69 bits per heavy atom. The van der Waals surface area contributed by atoms with Crippen LogP contribution in [-0.4, -0.2) is 27.9 Å². The Labute approximate surface area is 217 Å². The minimum Gasteiger partial charge on any atom is -0.497 e. The van der Waals surface area contributed by atoms with E-state index >= 15 is 0 Å². The summed E-state index contributed by atoms with van der Waals surface area (Å²) in [4.78, 5) is 15.3. The number of aromatic nitrogens is 3. The molecule has 4 saturated carbocycles. The van der Waals surface area contributed by atoms with Gasteiger partial charge in [-0.2, -0.15) is 15.0 Å². The van der Waals surface area contributed by atoms with Crippen molar-refractivity contribution in [3.63, 3.8) is 0 Å². The van der Waals surface area contributed by atoms with Gasteiger partial charge in [0.25, 0.3) is 0 Å². The van der Waals surface area contributed by atoms with Crippen molar-refractivity contribution in [3.05, 3.63) is 18.2 Å². The molecule has 1 aromatic heterocycles. The van der Waals surface area contributed by atoms with Crippen molar-refractivity contribution in [2.45, 2.75) is 99.0 Å². The Hall–Kier alpha value is -1.91. The molecule has 0 saturated heterocycles. The highest BCUT2D eigenvalue weighted by atomic mass is 16.5. The Morgan fingerprint density at radius 1 is 0.972 bits per heavy atom. The van der Waals surface area contributed by atoms with E-state index in [-0.39, 0.29) is 17.9 Å². The number of methoxy groups -OCH3 is 1. The van der Waals surface area contributed by atoms with E-state index in [0.717, 1.165) is 46.9 Å². The maximum absolute atomic E-state index is 13.6. The molecule has 0 spiro atoms. The average Bonchev–Trinajstić information content (AvgIpc) is 3.44. The van der Waals surface area contributed by atoms with E-state index in [2.05, 4.69) is 31.0 Å². The van der Waals surface area contributed by atoms with Gasteiger partial charge in [0.05, 0.1) is 7.11 Å². The quantitative estimate of drug-likeness (QED) is 0.447. The monoisotopic (exact) mass is 493 g/mol. The number of rotatable bonds is 4. The summed E-state index contributed by atoms with van der Waals surface area (Å²) in [7, 11) is 1.66. The van der Waals surface area contributed by atoms with Gasteiger partial charge >= 0.3 is 0 Å². The van der Waals surface area contributed by atoms with Gasteiger partial charge in [-0.3, -0.25) is 4.79 Å². The largest absolute Gasteiger partial charge is 0.497 e. The number of hydrogen-bond acceptors (Lipinski definition) is 4. The number of carbonyl (C=O) groups excluding carboxylic acids is 1. The van der Waals surface area contributed by atoms with E-state index in [1.165, 1.54) is 51.4 Å². The number of ketones is 1. The lowest BCUT2D eigenvalue weighted by atomic mass is 9.44. The van der Waals surface area contributed by atoms with E-state index in [0.29, 0.717) is 17.1 Å². The van der Waals surface area contributed by atoms with Gasteiger partial charge < -0.3 is 4.74 Å². The molecule has 36 heavy (non-hydrogen) atoms. The fourth-order valence-electron chi connectivity index (χ4n) is 9.39. The zero-order valence-electron chi connectivity index (χ0n) is 23.4. The summed E-state index contributed by atoms with van der Waals surface area (Å²) in [5, 5.41) is 9.17. The highest BCUT2D eigenvalue weighted by Gasteiger charge is 2.60. The topological polar surface area (TPSA) is 57.0 Å². The third kappa shape index (κ3) is 4.09. The van der Waals surface area contributed by atoms with Crippen LogP contribution in [0.2, 0.25) is 0 Å². The van der Waals surface area contributed by atoms with Crippen molar-refractivity contribution < 1.29 is 9.53 Å². The molecule has 0 amide bonds. The summed E-state index contributed by atoms with van der Waals surface area (Å²) >= 11 is 0. The summed E-state index contributed by atoms with van der Waals surface area (Å²) in [6.45, 7) is 11.9. The first-order valence-corrected chi connectivity index (χ1v) is 14.7. The van der Waals surface area contributed by atoms with Crippen molar-refractivity contribution in [1.82, 2.24) is 15.0 Å². The van der Waals surface area contributed by atoms with Gasteiger partial charge in [0.1, 0.15) is 23.3 Å². The number of benzene rings is 1. The second kappa shape index (κ2) is 9.76. The van der Waals surface area contributed by atoms with Gasteiger partial charge in [-0.25, -0.2) is 0 Å². The smallest absolute Gasteiger partial charge is 0.159 e. The van der Waals surface area contributed by atoms with Crippen LogP contribution in [-0.2, 0) is 11.3 Å². The summed E-state index contributed by atoms with van der Waals surface area (Å²) in [5.41, 5.74) is 2.30. The van der Waals surface area contributed by atoms with Crippen LogP contribution in [0.4, 0.5) is 0 Å². The lowest BCUT2D eigenvalue weighted by molar-refractivity contribution is -0.137. The Balaban J connectivity index is 0.00000130. The molecule has 5 nitrogen and oxygen atoms in total. The van der Waals surface area contributed by atoms with Crippen LogP contribution < -0.4 is 4.74 Å². The number of Topliss-reactive ketones (excluding diaryl/α,β-unsaturated/α-hetero) is 1.